The van der Waals surface area contributed by atoms with Gasteiger partial charge in [-0.1, -0.05) is 5.75 Å². The van der Waals surface area contributed by atoms with Gasteiger partial charge in [0, 0.05) is 11.1 Å². The van der Waals surface area contributed by atoms with E-state index >= 15 is 0 Å². The van der Waals surface area contributed by atoms with Crippen molar-refractivity contribution in [3.05, 3.63) is 23.3 Å². The Kier molecular flexibility index (Phi) is 8.10. The van der Waals surface area contributed by atoms with E-state index in [-0.39, 0.29) is 59.1 Å². The van der Waals surface area contributed by atoms with Gasteiger partial charge >= 0.3 is 71.1 Å². The van der Waals surface area contributed by atoms with E-state index in [1.165, 1.54) is 0 Å². The van der Waals surface area contributed by atoms with Gasteiger partial charge in [-0.15, -0.1) is 0 Å². The van der Waals surface area contributed by atoms with Crippen LogP contribution in [0.4, 0.5) is 0 Å². The third-order valence-corrected chi connectivity index (χ3v) is 3.21. The summed E-state index contributed by atoms with van der Waals surface area (Å²) >= 11 is 0. The Morgan fingerprint density at radius 1 is 0.731 bits per heavy atom. The van der Waals surface area contributed by atoms with Crippen molar-refractivity contribution in [3.8, 4) is 45.6 Å². The molecule has 0 saturated heterocycles. The fraction of sp³-hybridized carbons (Fsp3) is 0. The minimum absolute atomic E-state index is 0. The van der Waals surface area contributed by atoms with Crippen LogP contribution in [0, 0.1) is 0 Å². The van der Waals surface area contributed by atoms with E-state index in [4.69, 9.17) is 10.2 Å². The summed E-state index contributed by atoms with van der Waals surface area (Å²) in [4.78, 5) is 22.6. The van der Waals surface area contributed by atoms with Crippen LogP contribution in [-0.4, -0.2) is 42.6 Å². The van der Waals surface area contributed by atoms with E-state index in [1.807, 2.05) is 0 Å². The van der Waals surface area contributed by atoms with Crippen molar-refractivity contribution in [2.75, 3.05) is 0 Å². The van der Waals surface area contributed by atoms with Gasteiger partial charge in [0.2, 0.25) is 0 Å². The number of aromatic carboxylic acids is 2. The second-order valence-corrected chi connectivity index (χ2v) is 4.57. The molecule has 0 spiro atoms. The number of phenolic OH excluding ortho intramolecular Hbond substituents is 4. The predicted molar refractivity (Wildman–Crippen MR) is 71.3 cm³/mol. The third kappa shape index (κ3) is 3.80. The van der Waals surface area contributed by atoms with Crippen LogP contribution in [0.25, 0.3) is 11.1 Å². The Hall–Kier alpha value is -1.82. The zero-order valence-electron chi connectivity index (χ0n) is 13.5. The first-order valence-electron chi connectivity index (χ1n) is 6.07. The van der Waals surface area contributed by atoms with E-state index < -0.39 is 68.7 Å². The Bertz CT molecular complexity index is 894. The molecule has 0 aromatic heterocycles. The van der Waals surface area contributed by atoms with Crippen molar-refractivity contribution >= 4 is 11.9 Å². The molecule has 6 N–H and O–H groups in total. The second kappa shape index (κ2) is 8.71. The molecule has 0 fully saturated rings. The number of carboxylic acids is 2. The maximum atomic E-state index is 11.8. The van der Waals surface area contributed by atoms with Gasteiger partial charge in [0.05, 0.1) is 11.1 Å². The normalized spacial score (nSPS) is 9.69. The first-order valence-corrected chi connectivity index (χ1v) is 6.07. The smallest absolute Gasteiger partial charge is 0.869 e. The molecule has 26 heavy (non-hydrogen) atoms. The van der Waals surface area contributed by atoms with Crippen LogP contribution in [0.3, 0.4) is 0 Å². The summed E-state index contributed by atoms with van der Waals surface area (Å²) in [6.45, 7) is 0. The standard InChI is InChI=1S/C14H10O10.2Na/c15-4-2-1-3(6(8(4)16)13(21)22)5-7(14(23)24)10(18)12(20)11(19)9(5)17;;/h1-2,15-20H,(H,21,22)(H,23,24);;/q;2*+1/p-2. The van der Waals surface area contributed by atoms with Crippen LogP contribution < -0.4 is 69.3 Å². The monoisotopic (exact) mass is 382 g/mol. The SMILES string of the molecule is O=C(O)c1c(-c2c(O)c(O)c(O)c([O-])c2C(=O)O)ccc(O)c1[O-].[Na+].[Na+]. The summed E-state index contributed by atoms with van der Waals surface area (Å²) in [5, 5.41) is 79.9. The summed E-state index contributed by atoms with van der Waals surface area (Å²) in [5.41, 5.74) is -4.09. The molecule has 12 heteroatoms. The van der Waals surface area contributed by atoms with Crippen LogP contribution >= 0.6 is 0 Å². The first-order chi connectivity index (χ1) is 11.1. The van der Waals surface area contributed by atoms with E-state index in [0.717, 1.165) is 12.1 Å². The second-order valence-electron chi connectivity index (χ2n) is 4.57. The fourth-order valence-corrected chi connectivity index (χ4v) is 2.15. The summed E-state index contributed by atoms with van der Waals surface area (Å²) < 4.78 is 0. The van der Waals surface area contributed by atoms with Gasteiger partial charge in [0.1, 0.15) is 5.75 Å². The minimum atomic E-state index is -1.95. The summed E-state index contributed by atoms with van der Waals surface area (Å²) in [6, 6.07) is 1.50. The largest absolute Gasteiger partial charge is 1.00 e. The number of hydrogen-bond donors (Lipinski definition) is 6. The Morgan fingerprint density at radius 2 is 1.23 bits per heavy atom. The van der Waals surface area contributed by atoms with Crippen molar-refractivity contribution in [2.45, 2.75) is 0 Å². The minimum Gasteiger partial charge on any atom is -0.869 e. The van der Waals surface area contributed by atoms with Gasteiger partial charge < -0.3 is 40.9 Å². The molecule has 0 atom stereocenters. The molecule has 0 aliphatic rings. The number of phenols is 4. The molecule has 0 amide bonds. The summed E-state index contributed by atoms with van der Waals surface area (Å²) in [6.07, 6.45) is 0. The molecule has 0 heterocycles. The third-order valence-electron chi connectivity index (χ3n) is 3.21. The van der Waals surface area contributed by atoms with Gasteiger partial charge in [-0.25, -0.2) is 9.59 Å². The van der Waals surface area contributed by atoms with Crippen molar-refractivity contribution in [3.63, 3.8) is 0 Å². The van der Waals surface area contributed by atoms with Crippen molar-refractivity contribution in [1.82, 2.24) is 0 Å². The van der Waals surface area contributed by atoms with Gasteiger partial charge in [0.15, 0.2) is 17.2 Å². The Balaban J connectivity index is 0.00000312. The molecule has 2 aromatic rings. The number of aromatic hydroxyl groups is 4. The van der Waals surface area contributed by atoms with E-state index in [0.29, 0.717) is 0 Å². The maximum Gasteiger partial charge on any atom is 1.00 e. The van der Waals surface area contributed by atoms with Crippen LogP contribution in [-0.2, 0) is 0 Å². The van der Waals surface area contributed by atoms with Crippen molar-refractivity contribution < 1.29 is 110 Å². The van der Waals surface area contributed by atoms with Crippen LogP contribution in [0.5, 0.6) is 34.5 Å². The quantitative estimate of drug-likeness (QED) is 0.219. The average molecular weight is 382 g/mol. The number of benzene rings is 2. The first kappa shape index (κ1) is 24.2. The van der Waals surface area contributed by atoms with E-state index in [9.17, 15) is 40.2 Å². The Labute approximate surface area is 189 Å². The number of rotatable bonds is 3. The van der Waals surface area contributed by atoms with E-state index in [1.54, 1.807) is 0 Å². The molecule has 0 aliphatic heterocycles. The average Bonchev–Trinajstić information content (AvgIpc) is 2.50. The predicted octanol–water partition coefficient (Wildman–Crippen LogP) is -6.27. The molecule has 2 aromatic carbocycles. The molecule has 10 nitrogen and oxygen atoms in total. The van der Waals surface area contributed by atoms with Gasteiger partial charge in [0.25, 0.3) is 0 Å². The van der Waals surface area contributed by atoms with Crippen LogP contribution in [0.15, 0.2) is 12.1 Å². The number of carbonyl (C=O) groups is 2. The fourth-order valence-electron chi connectivity index (χ4n) is 2.15. The van der Waals surface area contributed by atoms with Crippen LogP contribution in [0.1, 0.15) is 20.7 Å². The van der Waals surface area contributed by atoms with Crippen molar-refractivity contribution in [1.29, 1.82) is 0 Å². The number of carboxylic acid groups (broad SMARTS) is 2. The Morgan fingerprint density at radius 3 is 1.69 bits per heavy atom. The van der Waals surface area contributed by atoms with Gasteiger partial charge in [-0.05, 0) is 17.9 Å². The van der Waals surface area contributed by atoms with Crippen molar-refractivity contribution in [2.24, 2.45) is 0 Å². The molecule has 0 radical (unpaired) electrons. The summed E-state index contributed by atoms with van der Waals surface area (Å²) in [7, 11) is 0. The molecular formula is C14H8Na2O10. The topological polar surface area (TPSA) is 202 Å². The van der Waals surface area contributed by atoms with Crippen LogP contribution in [0.2, 0.25) is 0 Å². The maximum absolute atomic E-state index is 11.8. The molecule has 2 rings (SSSR count). The molecule has 0 aliphatic carbocycles. The summed E-state index contributed by atoms with van der Waals surface area (Å²) in [5.74, 6) is -11.9. The molecule has 0 saturated carbocycles. The number of hydrogen-bond acceptors (Lipinski definition) is 8. The van der Waals surface area contributed by atoms with E-state index in [2.05, 4.69) is 0 Å². The molecule has 126 valence electrons. The zero-order valence-corrected chi connectivity index (χ0v) is 17.5. The van der Waals surface area contributed by atoms with Gasteiger partial charge in [-0.2, -0.15) is 0 Å². The van der Waals surface area contributed by atoms with Gasteiger partial charge in [-0.3, -0.25) is 0 Å². The molecule has 0 unspecified atom stereocenters. The molecule has 0 bridgehead atoms. The zero-order chi connectivity index (χ0) is 18.3. The molecular weight excluding hydrogens is 374 g/mol.